The lowest BCUT2D eigenvalue weighted by Crippen LogP contribution is -2.40. The van der Waals surface area contributed by atoms with Crippen molar-refractivity contribution in [3.8, 4) is 0 Å². The van der Waals surface area contributed by atoms with Crippen LogP contribution in [0.5, 0.6) is 0 Å². The molecule has 0 spiro atoms. The highest BCUT2D eigenvalue weighted by Crippen LogP contribution is 2.30. The monoisotopic (exact) mass is 1180 g/mol. The molecular formula is C69H126O14. The molecule has 0 aliphatic carbocycles. The summed E-state index contributed by atoms with van der Waals surface area (Å²) in [6, 6.07) is 0. The summed E-state index contributed by atoms with van der Waals surface area (Å²) < 4.78 is 41.5. The summed E-state index contributed by atoms with van der Waals surface area (Å²) in [6.45, 7) is 20.1. The maximum Gasteiger partial charge on any atom is 0.311 e. The zero-order valence-corrected chi connectivity index (χ0v) is 55.1. The Bertz CT molecular complexity index is 1560. The van der Waals surface area contributed by atoms with Crippen LogP contribution in [-0.2, 0) is 66.7 Å². The van der Waals surface area contributed by atoms with Gasteiger partial charge in [0.05, 0.1) is 10.8 Å². The summed E-state index contributed by atoms with van der Waals surface area (Å²) in [5, 5.41) is 0. The third-order valence-corrected chi connectivity index (χ3v) is 16.0. The molecule has 0 aliphatic heterocycles. The predicted molar refractivity (Wildman–Crippen MR) is 333 cm³/mol. The zero-order valence-electron chi connectivity index (χ0n) is 55.1. The van der Waals surface area contributed by atoms with E-state index in [9.17, 15) is 33.6 Å². The highest BCUT2D eigenvalue weighted by atomic mass is 16.6. The van der Waals surface area contributed by atoms with Gasteiger partial charge >= 0.3 is 41.8 Å². The summed E-state index contributed by atoms with van der Waals surface area (Å²) in [6.07, 6.45) is 33.4. The zero-order chi connectivity index (χ0) is 61.8. The van der Waals surface area contributed by atoms with Gasteiger partial charge in [-0.1, -0.05) is 165 Å². The van der Waals surface area contributed by atoms with Gasteiger partial charge in [-0.05, 0) is 142 Å². The van der Waals surface area contributed by atoms with Gasteiger partial charge in [-0.15, -0.1) is 0 Å². The first-order valence-corrected chi connectivity index (χ1v) is 34.2. The number of hydrogen-bond acceptors (Lipinski definition) is 14. The summed E-state index contributed by atoms with van der Waals surface area (Å²) in [4.78, 5) is 90.3. The molecule has 14 heteroatoms. The van der Waals surface area contributed by atoms with Gasteiger partial charge in [-0.3, -0.25) is 33.6 Å². The Morgan fingerprint density at radius 1 is 0.289 bits per heavy atom. The SMILES string of the molecule is CCCCCCC(CCC(CCCCCCCC(=O)OCC(CC)(COC(=O)CCCCCCCC(CCC(CCCCCC)OC(=O)CCCCC)OC(=O)CCC)COC(=O)C(C)(C)CCC)OC(=O)CCC)OC(=O)CCCCC. The van der Waals surface area contributed by atoms with Gasteiger partial charge in [0.15, 0.2) is 0 Å². The molecule has 0 heterocycles. The van der Waals surface area contributed by atoms with Crippen LogP contribution in [0.15, 0.2) is 0 Å². The third kappa shape index (κ3) is 44.4. The minimum Gasteiger partial charge on any atom is -0.465 e. The molecule has 486 valence electrons. The van der Waals surface area contributed by atoms with E-state index in [2.05, 4.69) is 27.7 Å². The molecule has 0 saturated carbocycles. The van der Waals surface area contributed by atoms with Crippen molar-refractivity contribution < 1.29 is 66.7 Å². The number of rotatable bonds is 58. The molecule has 4 unspecified atom stereocenters. The maximum atomic E-state index is 13.3. The highest BCUT2D eigenvalue weighted by molar-refractivity contribution is 5.76. The minimum absolute atomic E-state index is 0.0485. The maximum absolute atomic E-state index is 13.3. The second kappa shape index (κ2) is 52.6. The van der Waals surface area contributed by atoms with Crippen LogP contribution in [0.25, 0.3) is 0 Å². The second-order valence-electron chi connectivity index (χ2n) is 24.7. The molecule has 0 rings (SSSR count). The van der Waals surface area contributed by atoms with Crippen molar-refractivity contribution in [1.82, 2.24) is 0 Å². The normalized spacial score (nSPS) is 13.7. The molecule has 0 aromatic heterocycles. The quantitative estimate of drug-likeness (QED) is 0.0318. The van der Waals surface area contributed by atoms with Crippen LogP contribution < -0.4 is 0 Å². The Morgan fingerprint density at radius 2 is 0.566 bits per heavy atom. The number of ether oxygens (including phenoxy) is 7. The predicted octanol–water partition coefficient (Wildman–Crippen LogP) is 18.2. The van der Waals surface area contributed by atoms with Gasteiger partial charge in [-0.2, -0.15) is 0 Å². The van der Waals surface area contributed by atoms with Crippen molar-refractivity contribution in [1.29, 1.82) is 0 Å². The van der Waals surface area contributed by atoms with Crippen LogP contribution in [0.2, 0.25) is 0 Å². The lowest BCUT2D eigenvalue weighted by molar-refractivity contribution is -0.168. The number of carbonyl (C=O) groups excluding carboxylic acids is 7. The van der Waals surface area contributed by atoms with E-state index in [0.717, 1.165) is 186 Å². The lowest BCUT2D eigenvalue weighted by Gasteiger charge is -2.32. The van der Waals surface area contributed by atoms with Crippen LogP contribution in [0.1, 0.15) is 345 Å². The Labute approximate surface area is 506 Å². The second-order valence-corrected chi connectivity index (χ2v) is 24.7. The summed E-state index contributed by atoms with van der Waals surface area (Å²) in [7, 11) is 0. The first-order chi connectivity index (χ1) is 40.0. The van der Waals surface area contributed by atoms with Crippen molar-refractivity contribution >= 4 is 41.8 Å². The molecular weight excluding hydrogens is 1050 g/mol. The van der Waals surface area contributed by atoms with E-state index < -0.39 is 10.8 Å². The van der Waals surface area contributed by atoms with Crippen molar-refractivity contribution in [2.75, 3.05) is 19.8 Å². The average molecular weight is 1180 g/mol. The Kier molecular flexibility index (Phi) is 50.3. The first-order valence-electron chi connectivity index (χ1n) is 34.2. The van der Waals surface area contributed by atoms with Crippen molar-refractivity contribution in [3.63, 3.8) is 0 Å². The van der Waals surface area contributed by atoms with Gasteiger partial charge in [0.2, 0.25) is 0 Å². The Hall–Kier alpha value is -3.71. The molecule has 83 heavy (non-hydrogen) atoms. The molecule has 4 atom stereocenters. The number of carbonyl (C=O) groups is 7. The van der Waals surface area contributed by atoms with E-state index in [-0.39, 0.29) is 98.9 Å². The lowest BCUT2D eigenvalue weighted by atomic mass is 9.86. The van der Waals surface area contributed by atoms with Crippen LogP contribution in [0.4, 0.5) is 0 Å². The highest BCUT2D eigenvalue weighted by Gasteiger charge is 2.37. The number of unbranched alkanes of at least 4 members (excludes halogenated alkanes) is 18. The van der Waals surface area contributed by atoms with E-state index in [1.54, 1.807) is 0 Å². The molecule has 14 nitrogen and oxygen atoms in total. The topological polar surface area (TPSA) is 184 Å². The minimum atomic E-state index is -0.908. The molecule has 0 aliphatic rings. The fraction of sp³-hybridized carbons (Fsp3) is 0.899. The smallest absolute Gasteiger partial charge is 0.311 e. The van der Waals surface area contributed by atoms with Crippen LogP contribution in [0.3, 0.4) is 0 Å². The summed E-state index contributed by atoms with van der Waals surface area (Å²) >= 11 is 0. The third-order valence-electron chi connectivity index (χ3n) is 16.0. The molecule has 0 saturated heterocycles. The molecule has 0 bridgehead atoms. The fourth-order valence-corrected chi connectivity index (χ4v) is 10.3. The van der Waals surface area contributed by atoms with E-state index >= 15 is 0 Å². The van der Waals surface area contributed by atoms with E-state index in [0.29, 0.717) is 77.0 Å². The van der Waals surface area contributed by atoms with Crippen molar-refractivity contribution in [2.24, 2.45) is 10.8 Å². The number of esters is 7. The molecule has 0 aromatic rings. The van der Waals surface area contributed by atoms with E-state index in [1.165, 1.54) is 0 Å². The van der Waals surface area contributed by atoms with Gasteiger partial charge in [0.25, 0.3) is 0 Å². The molecule has 0 radical (unpaired) electrons. The molecule has 0 fully saturated rings. The molecule has 0 amide bonds. The first kappa shape index (κ1) is 79.3. The number of hydrogen-bond donors (Lipinski definition) is 0. The summed E-state index contributed by atoms with van der Waals surface area (Å²) in [5.41, 5.74) is -1.60. The summed E-state index contributed by atoms with van der Waals surface area (Å²) in [5.74, 6) is -1.68. The largest absolute Gasteiger partial charge is 0.465 e. The fourth-order valence-electron chi connectivity index (χ4n) is 10.3. The average Bonchev–Trinajstić information content (AvgIpc) is 3.47. The van der Waals surface area contributed by atoms with Gasteiger partial charge in [-0.25, -0.2) is 0 Å². The van der Waals surface area contributed by atoms with Gasteiger partial charge < -0.3 is 33.2 Å². The Balaban J connectivity index is 5.36. The van der Waals surface area contributed by atoms with E-state index in [4.69, 9.17) is 33.2 Å². The molecule has 0 aromatic carbocycles. The molecule has 0 N–H and O–H groups in total. The van der Waals surface area contributed by atoms with Gasteiger partial charge in [0, 0.05) is 38.5 Å². The van der Waals surface area contributed by atoms with E-state index in [1.807, 2.05) is 41.5 Å². The van der Waals surface area contributed by atoms with Crippen LogP contribution in [-0.4, -0.2) is 86.0 Å². The van der Waals surface area contributed by atoms with Crippen molar-refractivity contribution in [3.05, 3.63) is 0 Å². The standard InChI is InChI=1S/C69H126O14/c1-11-19-23-33-41-59(82-65(74)47-31-21-13-3)51-49-57(80-63(72)39-15-5)43-35-27-25-29-37-45-61(70)77-54-69(18-8,56-79-67(76)68(9,10)53-17-7)55-78-62(71)46-38-30-26-28-36-44-58(81-64(73)40-16-6)50-52-60(42-34-24-20-12-2)83-66(75)48-32-22-14-4/h57-60H,11-56H2,1-10H3. The van der Waals surface area contributed by atoms with Crippen LogP contribution in [0, 0.1) is 10.8 Å². The Morgan fingerprint density at radius 3 is 0.892 bits per heavy atom. The van der Waals surface area contributed by atoms with Gasteiger partial charge in [0.1, 0.15) is 44.2 Å². The van der Waals surface area contributed by atoms with Crippen LogP contribution >= 0.6 is 0 Å². The van der Waals surface area contributed by atoms with Crippen molar-refractivity contribution in [2.45, 2.75) is 370 Å².